The van der Waals surface area contributed by atoms with Gasteiger partial charge in [0.15, 0.2) is 0 Å². The number of hydrogen-bond donors (Lipinski definition) is 1. The Labute approximate surface area is 221 Å². The van der Waals surface area contributed by atoms with E-state index in [2.05, 4.69) is 134 Å². The number of benzene rings is 3. The third kappa shape index (κ3) is 4.92. The normalized spacial score (nSPS) is 13.0. The van der Waals surface area contributed by atoms with Crippen molar-refractivity contribution < 1.29 is 0 Å². The molecule has 37 heavy (non-hydrogen) atoms. The standard InChI is InChI=1S/C34H39N3/c1-32(2,3)22-10-14-25(15-11-22)35-30-26-20-24(34(7,8)9)13-17-28(26)36-29-19-21-18-23(33(4,5)6)12-16-27(21)37-31(29)30/h10-20H,1-9H3,(H,35,36). The van der Waals surface area contributed by atoms with Gasteiger partial charge in [0.25, 0.3) is 0 Å². The Hall–Kier alpha value is -3.46. The number of nitrogens with one attached hydrogen (secondary N) is 1. The Kier molecular flexibility index (Phi) is 5.82. The summed E-state index contributed by atoms with van der Waals surface area (Å²) in [4.78, 5) is 10.3. The van der Waals surface area contributed by atoms with Crippen molar-refractivity contribution in [2.75, 3.05) is 5.32 Å². The summed E-state index contributed by atoms with van der Waals surface area (Å²) >= 11 is 0. The molecule has 0 atom stereocenters. The Morgan fingerprint density at radius 1 is 0.514 bits per heavy atom. The van der Waals surface area contributed by atoms with E-state index in [0.29, 0.717) is 0 Å². The molecule has 0 aliphatic rings. The second kappa shape index (κ2) is 8.55. The molecule has 0 aliphatic heterocycles. The molecule has 0 unspecified atom stereocenters. The number of nitrogens with zero attached hydrogens (tertiary/aromatic N) is 2. The van der Waals surface area contributed by atoms with Crippen LogP contribution in [0, 0.1) is 0 Å². The molecule has 190 valence electrons. The maximum atomic E-state index is 5.17. The highest BCUT2D eigenvalue weighted by Gasteiger charge is 2.19. The molecule has 0 fully saturated rings. The molecule has 2 aromatic heterocycles. The van der Waals surface area contributed by atoms with E-state index < -0.39 is 0 Å². The van der Waals surface area contributed by atoms with E-state index in [-0.39, 0.29) is 16.2 Å². The van der Waals surface area contributed by atoms with Crippen LogP contribution in [0.15, 0.2) is 66.7 Å². The summed E-state index contributed by atoms with van der Waals surface area (Å²) in [5, 5.41) is 5.96. The van der Waals surface area contributed by atoms with Gasteiger partial charge < -0.3 is 5.32 Å². The van der Waals surface area contributed by atoms with E-state index in [0.717, 1.165) is 44.2 Å². The van der Waals surface area contributed by atoms with E-state index in [1.54, 1.807) is 0 Å². The topological polar surface area (TPSA) is 37.8 Å². The van der Waals surface area contributed by atoms with Gasteiger partial charge in [-0.3, -0.25) is 0 Å². The van der Waals surface area contributed by atoms with Gasteiger partial charge in [-0.25, -0.2) is 9.97 Å². The van der Waals surface area contributed by atoms with Crippen LogP contribution < -0.4 is 5.32 Å². The Bertz CT molecular complexity index is 1620. The fourth-order valence-electron chi connectivity index (χ4n) is 4.78. The molecule has 0 bridgehead atoms. The van der Waals surface area contributed by atoms with Gasteiger partial charge in [-0.05, 0) is 75.4 Å². The average molecular weight is 490 g/mol. The molecule has 2 heterocycles. The number of aromatic nitrogens is 2. The van der Waals surface area contributed by atoms with Gasteiger partial charge in [-0.2, -0.15) is 0 Å². The quantitative estimate of drug-likeness (QED) is 0.251. The number of pyridine rings is 2. The number of fused-ring (bicyclic) bond motifs is 3. The van der Waals surface area contributed by atoms with Gasteiger partial charge >= 0.3 is 0 Å². The molecule has 0 saturated heterocycles. The first-order chi connectivity index (χ1) is 17.2. The van der Waals surface area contributed by atoms with Gasteiger partial charge in [0.05, 0.1) is 22.2 Å². The van der Waals surface area contributed by atoms with E-state index in [1.807, 2.05) is 0 Å². The number of anilines is 2. The predicted octanol–water partition coefficient (Wildman–Crippen LogP) is 9.57. The minimum Gasteiger partial charge on any atom is -0.353 e. The second-order valence-electron chi connectivity index (χ2n) is 13.4. The van der Waals surface area contributed by atoms with Gasteiger partial charge in [0, 0.05) is 16.5 Å². The first kappa shape index (κ1) is 25.2. The number of rotatable bonds is 2. The van der Waals surface area contributed by atoms with E-state index in [4.69, 9.17) is 9.97 Å². The van der Waals surface area contributed by atoms with Gasteiger partial charge in [-0.1, -0.05) is 86.6 Å². The van der Waals surface area contributed by atoms with Crippen molar-refractivity contribution in [3.8, 4) is 0 Å². The maximum Gasteiger partial charge on any atom is 0.114 e. The molecule has 0 amide bonds. The molecule has 1 N–H and O–H groups in total. The molecule has 0 saturated carbocycles. The summed E-state index contributed by atoms with van der Waals surface area (Å²) in [7, 11) is 0. The van der Waals surface area contributed by atoms with E-state index >= 15 is 0 Å². The Morgan fingerprint density at radius 2 is 1.05 bits per heavy atom. The molecule has 0 aliphatic carbocycles. The molecule has 0 spiro atoms. The maximum absolute atomic E-state index is 5.17. The van der Waals surface area contributed by atoms with Crippen molar-refractivity contribution in [1.29, 1.82) is 0 Å². The minimum absolute atomic E-state index is 0.0367. The fraction of sp³-hybridized carbons (Fsp3) is 0.353. The first-order valence-electron chi connectivity index (χ1n) is 13.3. The van der Waals surface area contributed by atoms with Crippen LogP contribution >= 0.6 is 0 Å². The van der Waals surface area contributed by atoms with Crippen molar-refractivity contribution in [2.24, 2.45) is 0 Å². The van der Waals surface area contributed by atoms with Crippen LogP contribution in [0.4, 0.5) is 11.4 Å². The van der Waals surface area contributed by atoms with Crippen molar-refractivity contribution in [3.63, 3.8) is 0 Å². The third-order valence-corrected chi connectivity index (χ3v) is 7.29. The predicted molar refractivity (Wildman–Crippen MR) is 160 cm³/mol. The summed E-state index contributed by atoms with van der Waals surface area (Å²) in [5.41, 5.74) is 9.95. The SMILES string of the molecule is CC(C)(C)c1ccc(Nc2c3cc(C(C)(C)C)ccc3nc3cc4cc(C(C)(C)C)ccc4nc23)cc1. The molecule has 5 rings (SSSR count). The molecular weight excluding hydrogens is 450 g/mol. The molecule has 0 radical (unpaired) electrons. The smallest absolute Gasteiger partial charge is 0.114 e. The molecule has 5 aromatic rings. The highest BCUT2D eigenvalue weighted by atomic mass is 14.9. The minimum atomic E-state index is 0.0367. The van der Waals surface area contributed by atoms with Crippen molar-refractivity contribution >= 4 is 44.2 Å². The monoisotopic (exact) mass is 489 g/mol. The summed E-state index contributed by atoms with van der Waals surface area (Å²) in [6, 6.07) is 24.2. The zero-order valence-electron chi connectivity index (χ0n) is 23.7. The summed E-state index contributed by atoms with van der Waals surface area (Å²) < 4.78 is 0. The van der Waals surface area contributed by atoms with Crippen LogP contribution in [0.1, 0.15) is 79.0 Å². The lowest BCUT2D eigenvalue weighted by Gasteiger charge is -2.22. The zero-order chi connectivity index (χ0) is 26.8. The van der Waals surface area contributed by atoms with Gasteiger partial charge in [0.2, 0.25) is 0 Å². The van der Waals surface area contributed by atoms with E-state index in [1.165, 1.54) is 16.7 Å². The van der Waals surface area contributed by atoms with Gasteiger partial charge in [0.1, 0.15) is 5.52 Å². The fourth-order valence-corrected chi connectivity index (χ4v) is 4.78. The lowest BCUT2D eigenvalue weighted by Crippen LogP contribution is -2.11. The molecule has 3 heteroatoms. The van der Waals surface area contributed by atoms with Crippen LogP contribution in [0.3, 0.4) is 0 Å². The summed E-state index contributed by atoms with van der Waals surface area (Å²) in [5.74, 6) is 0. The molecular formula is C34H39N3. The van der Waals surface area contributed by atoms with Crippen LogP contribution in [0.25, 0.3) is 32.8 Å². The van der Waals surface area contributed by atoms with Crippen LogP contribution in [0.5, 0.6) is 0 Å². The molecule has 3 nitrogen and oxygen atoms in total. The van der Waals surface area contributed by atoms with Gasteiger partial charge in [-0.15, -0.1) is 0 Å². The third-order valence-electron chi connectivity index (χ3n) is 7.29. The summed E-state index contributed by atoms with van der Waals surface area (Å²) in [6.07, 6.45) is 0. The highest BCUT2D eigenvalue weighted by molar-refractivity contribution is 6.09. The Balaban J connectivity index is 1.76. The average Bonchev–Trinajstić information content (AvgIpc) is 2.80. The first-order valence-corrected chi connectivity index (χ1v) is 13.3. The van der Waals surface area contributed by atoms with E-state index in [9.17, 15) is 0 Å². The zero-order valence-corrected chi connectivity index (χ0v) is 23.7. The van der Waals surface area contributed by atoms with Crippen molar-refractivity contribution in [3.05, 3.63) is 83.4 Å². The second-order valence-corrected chi connectivity index (χ2v) is 13.4. The van der Waals surface area contributed by atoms with Crippen LogP contribution in [-0.2, 0) is 16.2 Å². The molecule has 3 aromatic carbocycles. The largest absolute Gasteiger partial charge is 0.353 e. The highest BCUT2D eigenvalue weighted by Crippen LogP contribution is 2.37. The van der Waals surface area contributed by atoms with Crippen LogP contribution in [-0.4, -0.2) is 9.97 Å². The lowest BCUT2D eigenvalue weighted by atomic mass is 9.86. The van der Waals surface area contributed by atoms with Crippen molar-refractivity contribution in [2.45, 2.75) is 78.6 Å². The Morgan fingerprint density at radius 3 is 1.65 bits per heavy atom. The van der Waals surface area contributed by atoms with Crippen molar-refractivity contribution in [1.82, 2.24) is 9.97 Å². The van der Waals surface area contributed by atoms with Crippen LogP contribution in [0.2, 0.25) is 0 Å². The number of hydrogen-bond acceptors (Lipinski definition) is 3. The summed E-state index contributed by atoms with van der Waals surface area (Å²) in [6.45, 7) is 20.2. The lowest BCUT2D eigenvalue weighted by molar-refractivity contribution is 0.590.